The van der Waals surface area contributed by atoms with Crippen molar-refractivity contribution in [2.75, 3.05) is 16.7 Å². The number of carbonyl (C=O) groups is 2. The quantitative estimate of drug-likeness (QED) is 0.499. The summed E-state index contributed by atoms with van der Waals surface area (Å²) in [5.41, 5.74) is 1.94. The summed E-state index contributed by atoms with van der Waals surface area (Å²) in [6.07, 6.45) is 2.04. The number of nitrogens with zero attached hydrogens (tertiary/aromatic N) is 3. The predicted octanol–water partition coefficient (Wildman–Crippen LogP) is 4.96. The van der Waals surface area contributed by atoms with Crippen molar-refractivity contribution in [3.05, 3.63) is 76.1 Å². The van der Waals surface area contributed by atoms with Gasteiger partial charge in [0, 0.05) is 24.5 Å². The Morgan fingerprint density at radius 2 is 1.79 bits per heavy atom. The minimum absolute atomic E-state index is 0.00810. The van der Waals surface area contributed by atoms with E-state index in [4.69, 9.17) is 11.6 Å². The number of anilines is 2. The highest BCUT2D eigenvalue weighted by molar-refractivity contribution is 7.86. The second-order valence-corrected chi connectivity index (χ2v) is 10.1. The Labute approximate surface area is 200 Å². The first-order valence-electron chi connectivity index (χ1n) is 10.2. The fraction of sp³-hybridized carbons (Fsp3) is 0.250. The normalized spacial score (nSPS) is 12.2. The highest BCUT2D eigenvalue weighted by Gasteiger charge is 2.25. The Morgan fingerprint density at radius 1 is 1.12 bits per heavy atom. The van der Waals surface area contributed by atoms with Crippen molar-refractivity contribution in [3.8, 4) is 0 Å². The Morgan fingerprint density at radius 3 is 2.36 bits per heavy atom. The summed E-state index contributed by atoms with van der Waals surface area (Å²) >= 11 is 6.20. The van der Waals surface area contributed by atoms with Crippen LogP contribution in [0.25, 0.3) is 0 Å². The minimum atomic E-state index is -1.69. The van der Waals surface area contributed by atoms with Crippen molar-refractivity contribution >= 4 is 46.4 Å². The molecule has 0 spiro atoms. The number of nitrogens with one attached hydrogen (secondary N) is 1. The number of carbonyl (C=O) groups excluding carboxylic acids is 2. The molecular formula is C24H25ClN4O3S. The van der Waals surface area contributed by atoms with Gasteiger partial charge in [-0.05, 0) is 48.2 Å². The molecule has 0 saturated heterocycles. The summed E-state index contributed by atoms with van der Waals surface area (Å²) in [7, 11) is -0.187. The van der Waals surface area contributed by atoms with E-state index in [1.54, 1.807) is 25.1 Å². The fourth-order valence-electron chi connectivity index (χ4n) is 3.12. The van der Waals surface area contributed by atoms with Crippen LogP contribution in [0.15, 0.2) is 53.6 Å². The van der Waals surface area contributed by atoms with E-state index in [1.165, 1.54) is 30.3 Å². The van der Waals surface area contributed by atoms with Crippen LogP contribution in [0.3, 0.4) is 0 Å². The molecule has 0 aliphatic rings. The van der Waals surface area contributed by atoms with E-state index >= 15 is 0 Å². The lowest BCUT2D eigenvalue weighted by Gasteiger charge is -2.20. The number of rotatable bonds is 6. The van der Waals surface area contributed by atoms with Crippen LogP contribution >= 0.6 is 11.6 Å². The number of aldehydes is 1. The maximum absolute atomic E-state index is 13.4. The van der Waals surface area contributed by atoms with E-state index in [9.17, 15) is 13.8 Å². The molecule has 0 radical (unpaired) electrons. The Hall–Kier alpha value is -3.10. The lowest BCUT2D eigenvalue weighted by molar-refractivity contribution is 0.0985. The van der Waals surface area contributed by atoms with Crippen molar-refractivity contribution in [1.29, 1.82) is 0 Å². The third-order valence-electron chi connectivity index (χ3n) is 5.05. The first kappa shape index (κ1) is 24.5. The molecule has 172 valence electrons. The van der Waals surface area contributed by atoms with Crippen LogP contribution in [-0.4, -0.2) is 33.4 Å². The molecular weight excluding hydrogens is 460 g/mol. The first-order valence-corrected chi connectivity index (χ1v) is 11.7. The minimum Gasteiger partial charge on any atom is -0.300 e. The van der Waals surface area contributed by atoms with Gasteiger partial charge in [-0.3, -0.25) is 14.5 Å². The van der Waals surface area contributed by atoms with Gasteiger partial charge in [0.15, 0.2) is 6.29 Å². The van der Waals surface area contributed by atoms with Crippen LogP contribution in [0.4, 0.5) is 11.6 Å². The predicted molar refractivity (Wildman–Crippen MR) is 132 cm³/mol. The largest absolute Gasteiger partial charge is 0.300 e. The summed E-state index contributed by atoms with van der Waals surface area (Å²) in [5, 5.41) is 0.109. The lowest BCUT2D eigenvalue weighted by atomic mass is 9.87. The van der Waals surface area contributed by atoms with Gasteiger partial charge in [0.05, 0.1) is 21.2 Å². The molecule has 0 fully saturated rings. The highest BCUT2D eigenvalue weighted by atomic mass is 35.5. The summed E-state index contributed by atoms with van der Waals surface area (Å²) in [5.74, 6) is -0.394. The first-order chi connectivity index (χ1) is 15.5. The molecule has 3 rings (SSSR count). The van der Waals surface area contributed by atoms with Gasteiger partial charge in [-0.15, -0.1) is 0 Å². The number of hydrogen-bond acceptors (Lipinski definition) is 5. The molecule has 0 bridgehead atoms. The topological polar surface area (TPSA) is 92.3 Å². The van der Waals surface area contributed by atoms with Gasteiger partial charge in [-0.1, -0.05) is 44.5 Å². The maximum Gasteiger partial charge on any atom is 0.263 e. The molecule has 1 amide bonds. The standard InChI is InChI=1S/C24H25ClN4O3S/c1-15-12-13-26-23(27-15)29(5)22(31)21-18(14-30)19(25)10-11-20(21)28-33(32)17-8-6-16(7-9-17)24(2,3)4/h6-14,28H,1-5H3. The second-order valence-electron chi connectivity index (χ2n) is 8.51. The molecule has 1 N–H and O–H groups in total. The van der Waals surface area contributed by atoms with E-state index < -0.39 is 16.9 Å². The zero-order valence-electron chi connectivity index (χ0n) is 19.0. The molecule has 2 aromatic carbocycles. The van der Waals surface area contributed by atoms with Crippen LogP contribution in [0.1, 0.15) is 52.7 Å². The monoisotopic (exact) mass is 484 g/mol. The number of aromatic nitrogens is 2. The molecule has 0 aliphatic carbocycles. The maximum atomic E-state index is 13.4. The Bertz CT molecular complexity index is 1220. The van der Waals surface area contributed by atoms with Crippen LogP contribution in [0.5, 0.6) is 0 Å². The molecule has 3 aromatic rings. The summed E-state index contributed by atoms with van der Waals surface area (Å²) in [6, 6.07) is 12.1. The molecule has 9 heteroatoms. The van der Waals surface area contributed by atoms with Crippen molar-refractivity contribution in [2.24, 2.45) is 0 Å². The van der Waals surface area contributed by atoms with Crippen molar-refractivity contribution in [1.82, 2.24) is 9.97 Å². The number of halogens is 1. The van der Waals surface area contributed by atoms with E-state index in [1.807, 2.05) is 12.1 Å². The number of aryl methyl sites for hydroxylation is 1. The summed E-state index contributed by atoms with van der Waals surface area (Å²) in [4.78, 5) is 35.3. The van der Waals surface area contributed by atoms with Gasteiger partial charge in [-0.25, -0.2) is 14.2 Å². The molecule has 7 nitrogen and oxygen atoms in total. The third kappa shape index (κ3) is 5.46. The van der Waals surface area contributed by atoms with E-state index in [0.717, 1.165) is 5.56 Å². The summed E-state index contributed by atoms with van der Waals surface area (Å²) in [6.45, 7) is 8.06. The van der Waals surface area contributed by atoms with Crippen LogP contribution in [-0.2, 0) is 16.4 Å². The average Bonchev–Trinajstić information content (AvgIpc) is 2.78. The van der Waals surface area contributed by atoms with E-state index in [2.05, 4.69) is 35.5 Å². The van der Waals surface area contributed by atoms with Crippen molar-refractivity contribution in [2.45, 2.75) is 38.0 Å². The van der Waals surface area contributed by atoms with Crippen molar-refractivity contribution < 1.29 is 13.8 Å². The average molecular weight is 485 g/mol. The van der Waals surface area contributed by atoms with Crippen LogP contribution in [0, 0.1) is 6.92 Å². The van der Waals surface area contributed by atoms with Gasteiger partial charge in [-0.2, -0.15) is 0 Å². The van der Waals surface area contributed by atoms with Crippen molar-refractivity contribution in [3.63, 3.8) is 0 Å². The molecule has 1 heterocycles. The molecule has 1 unspecified atom stereocenters. The highest BCUT2D eigenvalue weighted by Crippen LogP contribution is 2.29. The van der Waals surface area contributed by atoms with E-state index in [0.29, 0.717) is 16.9 Å². The number of hydrogen-bond donors (Lipinski definition) is 1. The smallest absolute Gasteiger partial charge is 0.263 e. The lowest BCUT2D eigenvalue weighted by Crippen LogP contribution is -2.30. The SMILES string of the molecule is Cc1ccnc(N(C)C(=O)c2c(NS(=O)c3ccc(C(C)(C)C)cc3)ccc(Cl)c2C=O)n1. The molecule has 1 atom stereocenters. The summed E-state index contributed by atoms with van der Waals surface area (Å²) < 4.78 is 15.9. The second kappa shape index (κ2) is 9.80. The number of benzene rings is 2. The zero-order chi connectivity index (χ0) is 24.3. The van der Waals surface area contributed by atoms with Gasteiger partial charge in [0.2, 0.25) is 5.95 Å². The Kier molecular flexibility index (Phi) is 7.29. The van der Waals surface area contributed by atoms with Gasteiger partial charge in [0.25, 0.3) is 5.91 Å². The molecule has 0 aliphatic heterocycles. The molecule has 0 saturated carbocycles. The zero-order valence-corrected chi connectivity index (χ0v) is 20.6. The van der Waals surface area contributed by atoms with Gasteiger partial charge >= 0.3 is 0 Å². The Balaban J connectivity index is 1.98. The molecule has 33 heavy (non-hydrogen) atoms. The van der Waals surface area contributed by atoms with E-state index in [-0.39, 0.29) is 33.2 Å². The van der Waals surface area contributed by atoms with Gasteiger partial charge in [0.1, 0.15) is 11.0 Å². The number of amides is 1. The molecule has 1 aromatic heterocycles. The van der Waals surface area contributed by atoms with Gasteiger partial charge < -0.3 is 4.72 Å². The van der Waals surface area contributed by atoms with Crippen LogP contribution < -0.4 is 9.62 Å². The third-order valence-corrected chi connectivity index (χ3v) is 6.48. The van der Waals surface area contributed by atoms with Crippen LogP contribution in [0.2, 0.25) is 5.02 Å². The fourth-order valence-corrected chi connectivity index (χ4v) is 4.19.